The quantitative estimate of drug-likeness (QED) is 0.768. The molecule has 1 unspecified atom stereocenters. The zero-order chi connectivity index (χ0) is 15.3. The second kappa shape index (κ2) is 6.78. The first-order valence-electron chi connectivity index (χ1n) is 6.92. The van der Waals surface area contributed by atoms with E-state index in [9.17, 15) is 9.90 Å². The zero-order valence-corrected chi connectivity index (χ0v) is 12.9. The summed E-state index contributed by atoms with van der Waals surface area (Å²) in [5.41, 5.74) is -0.147. The summed E-state index contributed by atoms with van der Waals surface area (Å²) in [5, 5.41) is 23.6. The first kappa shape index (κ1) is 16.6. The molecule has 114 valence electrons. The number of aromatic nitrogens is 4. The van der Waals surface area contributed by atoms with Crippen molar-refractivity contribution in [3.8, 4) is 0 Å². The van der Waals surface area contributed by atoms with Crippen LogP contribution in [0.4, 0.5) is 0 Å². The number of aliphatic hydroxyl groups is 1. The Hall–Kier alpha value is -1.50. The minimum atomic E-state index is -0.381. The summed E-state index contributed by atoms with van der Waals surface area (Å²) >= 11 is 0. The topological polar surface area (TPSA) is 92.9 Å². The maximum Gasteiger partial charge on any atom is 0.241 e. The number of tetrazole rings is 1. The van der Waals surface area contributed by atoms with Crippen molar-refractivity contribution in [3.63, 3.8) is 0 Å². The molecule has 0 spiro atoms. The van der Waals surface area contributed by atoms with E-state index in [4.69, 9.17) is 0 Å². The molecule has 1 atom stereocenters. The van der Waals surface area contributed by atoms with Gasteiger partial charge >= 0.3 is 0 Å². The van der Waals surface area contributed by atoms with E-state index in [2.05, 4.69) is 20.8 Å². The van der Waals surface area contributed by atoms with Crippen molar-refractivity contribution in [2.75, 3.05) is 6.54 Å². The van der Waals surface area contributed by atoms with Crippen LogP contribution >= 0.6 is 0 Å². The molecule has 1 aromatic rings. The van der Waals surface area contributed by atoms with Crippen molar-refractivity contribution in [3.05, 3.63) is 5.82 Å². The van der Waals surface area contributed by atoms with Crippen LogP contribution in [-0.4, -0.2) is 43.9 Å². The summed E-state index contributed by atoms with van der Waals surface area (Å²) in [6, 6.07) is 0. The van der Waals surface area contributed by atoms with Crippen LogP contribution in [0.15, 0.2) is 0 Å². The lowest BCUT2D eigenvalue weighted by molar-refractivity contribution is -0.122. The number of nitrogens with zero attached hydrogens (tertiary/aromatic N) is 4. The molecule has 0 bridgehead atoms. The van der Waals surface area contributed by atoms with Gasteiger partial charge in [0.2, 0.25) is 5.91 Å². The van der Waals surface area contributed by atoms with Gasteiger partial charge in [-0.15, -0.1) is 5.10 Å². The highest BCUT2D eigenvalue weighted by Crippen LogP contribution is 2.21. The third kappa shape index (κ3) is 5.24. The molecular weight excluding hydrogens is 258 g/mol. The summed E-state index contributed by atoms with van der Waals surface area (Å²) in [4.78, 5) is 11.9. The summed E-state index contributed by atoms with van der Waals surface area (Å²) < 4.78 is 1.52. The normalized spacial score (nSPS) is 13.6. The van der Waals surface area contributed by atoms with Gasteiger partial charge in [-0.1, -0.05) is 27.7 Å². The molecule has 0 radical (unpaired) electrons. The largest absolute Gasteiger partial charge is 0.393 e. The van der Waals surface area contributed by atoms with E-state index in [1.54, 1.807) is 6.92 Å². The molecule has 1 aromatic heterocycles. The Morgan fingerprint density at radius 1 is 1.40 bits per heavy atom. The fourth-order valence-corrected chi connectivity index (χ4v) is 2.14. The smallest absolute Gasteiger partial charge is 0.241 e. The Morgan fingerprint density at radius 3 is 2.60 bits per heavy atom. The van der Waals surface area contributed by atoms with Crippen LogP contribution in [-0.2, 0) is 11.3 Å². The van der Waals surface area contributed by atoms with Gasteiger partial charge in [-0.05, 0) is 29.2 Å². The molecule has 0 aliphatic heterocycles. The van der Waals surface area contributed by atoms with Gasteiger partial charge in [-0.3, -0.25) is 4.79 Å². The molecule has 7 nitrogen and oxygen atoms in total. The van der Waals surface area contributed by atoms with Gasteiger partial charge in [0, 0.05) is 12.5 Å². The standard InChI is InChI=1S/C13H25N5O2/c1-9(2)12-15-16-17-18(12)7-11(20)14-8-13(4,5)6-10(3)19/h9-10,19H,6-8H2,1-5H3,(H,14,20). The van der Waals surface area contributed by atoms with Crippen LogP contribution < -0.4 is 5.32 Å². The van der Waals surface area contributed by atoms with Crippen LogP contribution in [0, 0.1) is 5.41 Å². The fourth-order valence-electron chi connectivity index (χ4n) is 2.14. The number of hydrogen-bond donors (Lipinski definition) is 2. The number of aliphatic hydroxyl groups excluding tert-OH is 1. The van der Waals surface area contributed by atoms with Crippen molar-refractivity contribution in [1.29, 1.82) is 0 Å². The molecular formula is C13H25N5O2. The molecule has 1 heterocycles. The van der Waals surface area contributed by atoms with Crippen LogP contribution in [0.2, 0.25) is 0 Å². The number of carbonyl (C=O) groups excluding carboxylic acids is 1. The number of amides is 1. The number of nitrogens with one attached hydrogen (secondary N) is 1. The monoisotopic (exact) mass is 283 g/mol. The third-order valence-electron chi connectivity index (χ3n) is 2.98. The van der Waals surface area contributed by atoms with Crippen LogP contribution in [0.25, 0.3) is 0 Å². The molecule has 1 rings (SSSR count). The Bertz CT molecular complexity index is 440. The van der Waals surface area contributed by atoms with Crippen molar-refractivity contribution in [1.82, 2.24) is 25.5 Å². The van der Waals surface area contributed by atoms with E-state index in [1.807, 2.05) is 27.7 Å². The first-order valence-corrected chi connectivity index (χ1v) is 6.92. The summed E-state index contributed by atoms with van der Waals surface area (Å²) in [6.45, 7) is 10.4. The van der Waals surface area contributed by atoms with Crippen LogP contribution in [0.5, 0.6) is 0 Å². The van der Waals surface area contributed by atoms with Gasteiger partial charge in [0.1, 0.15) is 6.54 Å². The highest BCUT2D eigenvalue weighted by Gasteiger charge is 2.21. The Labute approximate surface area is 119 Å². The molecule has 0 aliphatic rings. The van der Waals surface area contributed by atoms with Crippen LogP contribution in [0.3, 0.4) is 0 Å². The van der Waals surface area contributed by atoms with Gasteiger partial charge in [0.25, 0.3) is 0 Å². The van der Waals surface area contributed by atoms with Gasteiger partial charge < -0.3 is 10.4 Å². The predicted octanol–water partition coefficient (Wildman–Crippen LogP) is 0.710. The van der Waals surface area contributed by atoms with E-state index in [-0.39, 0.29) is 29.9 Å². The van der Waals surface area contributed by atoms with Crippen molar-refractivity contribution in [2.24, 2.45) is 5.41 Å². The van der Waals surface area contributed by atoms with Crippen LogP contribution in [0.1, 0.15) is 52.8 Å². The molecule has 0 aromatic carbocycles. The van der Waals surface area contributed by atoms with E-state index >= 15 is 0 Å². The second-order valence-electron chi connectivity index (χ2n) is 6.34. The average molecular weight is 283 g/mol. The number of rotatable bonds is 7. The first-order chi connectivity index (χ1) is 9.21. The van der Waals surface area contributed by atoms with Gasteiger partial charge in [-0.25, -0.2) is 4.68 Å². The summed E-state index contributed by atoms with van der Waals surface area (Å²) in [7, 11) is 0. The summed E-state index contributed by atoms with van der Waals surface area (Å²) in [6.07, 6.45) is 0.254. The second-order valence-corrected chi connectivity index (χ2v) is 6.34. The summed E-state index contributed by atoms with van der Waals surface area (Å²) in [5.74, 6) is 0.741. The van der Waals surface area contributed by atoms with Crippen molar-refractivity contribution >= 4 is 5.91 Å². The predicted molar refractivity (Wildman–Crippen MR) is 75.0 cm³/mol. The minimum absolute atomic E-state index is 0.116. The maximum absolute atomic E-state index is 11.9. The van der Waals surface area contributed by atoms with Gasteiger partial charge in [-0.2, -0.15) is 0 Å². The van der Waals surface area contributed by atoms with Gasteiger partial charge in [0.05, 0.1) is 6.10 Å². The minimum Gasteiger partial charge on any atom is -0.393 e. The van der Waals surface area contributed by atoms with E-state index in [0.29, 0.717) is 18.8 Å². The Kier molecular flexibility index (Phi) is 5.62. The third-order valence-corrected chi connectivity index (χ3v) is 2.98. The van der Waals surface area contributed by atoms with Crippen molar-refractivity contribution < 1.29 is 9.90 Å². The SMILES string of the molecule is CC(O)CC(C)(C)CNC(=O)Cn1nnnc1C(C)C. The highest BCUT2D eigenvalue weighted by atomic mass is 16.3. The van der Waals surface area contributed by atoms with Crippen molar-refractivity contribution in [2.45, 2.75) is 59.6 Å². The molecule has 7 heteroatoms. The molecule has 0 saturated heterocycles. The molecule has 0 aliphatic carbocycles. The Balaban J connectivity index is 2.50. The van der Waals surface area contributed by atoms with E-state index in [1.165, 1.54) is 4.68 Å². The molecule has 20 heavy (non-hydrogen) atoms. The zero-order valence-electron chi connectivity index (χ0n) is 12.9. The fraction of sp³-hybridized carbons (Fsp3) is 0.846. The number of carbonyl (C=O) groups is 1. The molecule has 2 N–H and O–H groups in total. The number of hydrogen-bond acceptors (Lipinski definition) is 5. The average Bonchev–Trinajstić information content (AvgIpc) is 2.73. The maximum atomic E-state index is 11.9. The molecule has 1 amide bonds. The lowest BCUT2D eigenvalue weighted by Gasteiger charge is -2.26. The van der Waals surface area contributed by atoms with E-state index in [0.717, 1.165) is 0 Å². The van der Waals surface area contributed by atoms with Gasteiger partial charge in [0.15, 0.2) is 5.82 Å². The molecule has 0 fully saturated rings. The Morgan fingerprint density at radius 2 is 2.05 bits per heavy atom. The highest BCUT2D eigenvalue weighted by molar-refractivity contribution is 5.75. The molecule has 0 saturated carbocycles. The lowest BCUT2D eigenvalue weighted by atomic mass is 9.87. The van der Waals surface area contributed by atoms with E-state index < -0.39 is 0 Å². The lowest BCUT2D eigenvalue weighted by Crippen LogP contribution is -2.37.